The summed E-state index contributed by atoms with van der Waals surface area (Å²) in [6.07, 6.45) is 0.493. The van der Waals surface area contributed by atoms with Crippen LogP contribution in [0.1, 0.15) is 11.7 Å². The Balaban J connectivity index is 2.84. The molecule has 0 aliphatic rings. The van der Waals surface area contributed by atoms with Crippen LogP contribution in [0.2, 0.25) is 0 Å². The average molecular weight is 178 g/mol. The van der Waals surface area contributed by atoms with Crippen molar-refractivity contribution in [2.45, 2.75) is 12.2 Å². The molecule has 0 saturated carbocycles. The van der Waals surface area contributed by atoms with E-state index < -0.39 is 6.10 Å². The van der Waals surface area contributed by atoms with Gasteiger partial charge in [0.15, 0.2) is 0 Å². The molecule has 2 nitrogen and oxygen atoms in total. The number of methoxy groups -OCH3 is 1. The van der Waals surface area contributed by atoms with Crippen molar-refractivity contribution in [2.24, 2.45) is 0 Å². The maximum atomic E-state index is 9.53. The Morgan fingerprint density at radius 3 is 2.46 bits per heavy atom. The Kier molecular flexibility index (Phi) is 3.68. The second-order valence-electron chi connectivity index (χ2n) is 2.79. The van der Waals surface area contributed by atoms with Gasteiger partial charge in [0.05, 0.1) is 0 Å². The summed E-state index contributed by atoms with van der Waals surface area (Å²) >= 11 is 0. The van der Waals surface area contributed by atoms with E-state index in [0.717, 1.165) is 5.56 Å². The minimum Gasteiger partial charge on any atom is -0.386 e. The van der Waals surface area contributed by atoms with E-state index in [4.69, 9.17) is 4.74 Å². The maximum Gasteiger partial charge on any atom is 0.112 e. The van der Waals surface area contributed by atoms with E-state index in [2.05, 4.69) is 6.58 Å². The maximum absolute atomic E-state index is 9.53. The normalized spacial score (nSPS) is 14.9. The zero-order valence-corrected chi connectivity index (χ0v) is 7.68. The SMILES string of the molecule is C=C[C@H](O)[C@H](OC)c1ccccc1. The molecule has 1 aromatic carbocycles. The molecule has 0 amide bonds. The Bertz CT molecular complexity index is 256. The van der Waals surface area contributed by atoms with E-state index in [0.29, 0.717) is 0 Å². The summed E-state index contributed by atoms with van der Waals surface area (Å²) in [5.74, 6) is 0. The van der Waals surface area contributed by atoms with Crippen LogP contribution in [0.3, 0.4) is 0 Å². The highest BCUT2D eigenvalue weighted by molar-refractivity contribution is 5.19. The minimum absolute atomic E-state index is 0.321. The van der Waals surface area contributed by atoms with Gasteiger partial charge in [0, 0.05) is 7.11 Å². The van der Waals surface area contributed by atoms with Crippen LogP contribution in [0.25, 0.3) is 0 Å². The van der Waals surface area contributed by atoms with Gasteiger partial charge in [-0.15, -0.1) is 6.58 Å². The van der Waals surface area contributed by atoms with Gasteiger partial charge in [-0.2, -0.15) is 0 Å². The van der Waals surface area contributed by atoms with E-state index in [1.807, 2.05) is 30.3 Å². The number of ether oxygens (including phenoxy) is 1. The van der Waals surface area contributed by atoms with Crippen molar-refractivity contribution in [3.8, 4) is 0 Å². The fraction of sp³-hybridized carbons (Fsp3) is 0.273. The molecule has 0 fully saturated rings. The van der Waals surface area contributed by atoms with Gasteiger partial charge in [0.1, 0.15) is 12.2 Å². The molecule has 1 aromatic rings. The van der Waals surface area contributed by atoms with Crippen LogP contribution >= 0.6 is 0 Å². The van der Waals surface area contributed by atoms with Crippen LogP contribution in [-0.2, 0) is 4.74 Å². The number of aliphatic hydroxyl groups excluding tert-OH is 1. The van der Waals surface area contributed by atoms with Crippen molar-refractivity contribution in [2.75, 3.05) is 7.11 Å². The molecular weight excluding hydrogens is 164 g/mol. The first-order valence-corrected chi connectivity index (χ1v) is 4.18. The molecule has 0 radical (unpaired) electrons. The summed E-state index contributed by atoms with van der Waals surface area (Å²) in [7, 11) is 1.57. The molecule has 70 valence electrons. The van der Waals surface area contributed by atoms with Crippen molar-refractivity contribution < 1.29 is 9.84 Å². The molecule has 0 bridgehead atoms. The quantitative estimate of drug-likeness (QED) is 0.714. The summed E-state index contributed by atoms with van der Waals surface area (Å²) in [5, 5.41) is 9.53. The van der Waals surface area contributed by atoms with Crippen LogP contribution in [0, 0.1) is 0 Å². The Morgan fingerprint density at radius 1 is 1.38 bits per heavy atom. The van der Waals surface area contributed by atoms with Crippen LogP contribution in [-0.4, -0.2) is 18.3 Å². The summed E-state index contributed by atoms with van der Waals surface area (Å²) in [5.41, 5.74) is 0.956. The molecule has 13 heavy (non-hydrogen) atoms. The van der Waals surface area contributed by atoms with E-state index in [9.17, 15) is 5.11 Å². The van der Waals surface area contributed by atoms with E-state index >= 15 is 0 Å². The van der Waals surface area contributed by atoms with Crippen LogP contribution in [0.15, 0.2) is 43.0 Å². The van der Waals surface area contributed by atoms with Crippen molar-refractivity contribution in [3.63, 3.8) is 0 Å². The number of rotatable bonds is 4. The monoisotopic (exact) mass is 178 g/mol. The lowest BCUT2D eigenvalue weighted by Crippen LogP contribution is -2.17. The zero-order valence-electron chi connectivity index (χ0n) is 7.68. The molecule has 2 heteroatoms. The summed E-state index contributed by atoms with van der Waals surface area (Å²) in [6, 6.07) is 9.59. The molecule has 2 atom stereocenters. The van der Waals surface area contributed by atoms with Crippen LogP contribution in [0.4, 0.5) is 0 Å². The Hall–Kier alpha value is -1.12. The van der Waals surface area contributed by atoms with E-state index in [1.54, 1.807) is 7.11 Å². The van der Waals surface area contributed by atoms with Gasteiger partial charge in [-0.05, 0) is 5.56 Å². The topological polar surface area (TPSA) is 29.5 Å². The molecule has 0 aliphatic heterocycles. The predicted molar refractivity (Wildman–Crippen MR) is 52.4 cm³/mol. The van der Waals surface area contributed by atoms with Gasteiger partial charge < -0.3 is 9.84 Å². The minimum atomic E-state index is -0.660. The lowest BCUT2D eigenvalue weighted by atomic mass is 10.0. The first-order chi connectivity index (χ1) is 6.29. The number of benzene rings is 1. The zero-order chi connectivity index (χ0) is 9.68. The third-order valence-corrected chi connectivity index (χ3v) is 1.93. The van der Waals surface area contributed by atoms with Gasteiger partial charge in [-0.25, -0.2) is 0 Å². The summed E-state index contributed by atoms with van der Waals surface area (Å²) in [6.45, 7) is 3.52. The number of hydrogen-bond acceptors (Lipinski definition) is 2. The number of aliphatic hydroxyl groups is 1. The Labute approximate surface area is 78.5 Å². The predicted octanol–water partition coefficient (Wildman–Crippen LogP) is 1.92. The van der Waals surface area contributed by atoms with Crippen molar-refractivity contribution in [1.29, 1.82) is 0 Å². The molecule has 0 unspecified atom stereocenters. The highest BCUT2D eigenvalue weighted by Crippen LogP contribution is 2.20. The largest absolute Gasteiger partial charge is 0.386 e. The van der Waals surface area contributed by atoms with Gasteiger partial charge in [-0.3, -0.25) is 0 Å². The van der Waals surface area contributed by atoms with Gasteiger partial charge in [0.2, 0.25) is 0 Å². The van der Waals surface area contributed by atoms with Gasteiger partial charge in [0.25, 0.3) is 0 Å². The molecule has 1 rings (SSSR count). The van der Waals surface area contributed by atoms with Crippen molar-refractivity contribution >= 4 is 0 Å². The Morgan fingerprint density at radius 2 is 2.00 bits per heavy atom. The second kappa shape index (κ2) is 4.80. The molecular formula is C11H14O2. The second-order valence-corrected chi connectivity index (χ2v) is 2.79. The summed E-state index contributed by atoms with van der Waals surface area (Å²) < 4.78 is 5.17. The van der Waals surface area contributed by atoms with E-state index in [1.165, 1.54) is 6.08 Å². The third kappa shape index (κ3) is 2.41. The van der Waals surface area contributed by atoms with E-state index in [-0.39, 0.29) is 6.10 Å². The average Bonchev–Trinajstić information content (AvgIpc) is 2.20. The third-order valence-electron chi connectivity index (χ3n) is 1.93. The fourth-order valence-electron chi connectivity index (χ4n) is 1.24. The fourth-order valence-corrected chi connectivity index (χ4v) is 1.24. The lowest BCUT2D eigenvalue weighted by Gasteiger charge is -2.18. The smallest absolute Gasteiger partial charge is 0.112 e. The first kappa shape index (κ1) is 9.96. The van der Waals surface area contributed by atoms with Crippen LogP contribution in [0.5, 0.6) is 0 Å². The van der Waals surface area contributed by atoms with Crippen molar-refractivity contribution in [3.05, 3.63) is 48.6 Å². The molecule has 0 saturated heterocycles. The standard InChI is InChI=1S/C11H14O2/c1-3-10(12)11(13-2)9-7-5-4-6-8-9/h3-8,10-12H,1H2,2H3/t10-,11+/m0/s1. The highest BCUT2D eigenvalue weighted by Gasteiger charge is 2.16. The lowest BCUT2D eigenvalue weighted by molar-refractivity contribution is 0.0110. The first-order valence-electron chi connectivity index (χ1n) is 4.18. The molecule has 0 spiro atoms. The number of hydrogen-bond donors (Lipinski definition) is 1. The molecule has 0 aromatic heterocycles. The molecule has 0 aliphatic carbocycles. The molecule has 1 N–H and O–H groups in total. The van der Waals surface area contributed by atoms with Crippen LogP contribution < -0.4 is 0 Å². The van der Waals surface area contributed by atoms with Gasteiger partial charge >= 0.3 is 0 Å². The molecule has 0 heterocycles. The van der Waals surface area contributed by atoms with Crippen molar-refractivity contribution in [1.82, 2.24) is 0 Å². The summed E-state index contributed by atoms with van der Waals surface area (Å²) in [4.78, 5) is 0. The highest BCUT2D eigenvalue weighted by atomic mass is 16.5. The van der Waals surface area contributed by atoms with Gasteiger partial charge in [-0.1, -0.05) is 36.4 Å².